The van der Waals surface area contributed by atoms with Gasteiger partial charge < -0.3 is 9.80 Å². The highest BCUT2D eigenvalue weighted by molar-refractivity contribution is 6.05. The number of hydrogen-bond acceptors (Lipinski definition) is 3. The number of carbonyl (C=O) groups is 3. The van der Waals surface area contributed by atoms with E-state index in [0.717, 1.165) is 19.3 Å². The minimum absolute atomic E-state index is 0.0870. The van der Waals surface area contributed by atoms with Crippen molar-refractivity contribution in [2.24, 2.45) is 5.92 Å². The van der Waals surface area contributed by atoms with Crippen molar-refractivity contribution in [3.63, 3.8) is 0 Å². The van der Waals surface area contributed by atoms with Crippen LogP contribution in [0.4, 0.5) is 4.79 Å². The number of nitrogens with zero attached hydrogens (tertiary/aromatic N) is 3. The van der Waals surface area contributed by atoms with Gasteiger partial charge in [0.2, 0.25) is 5.91 Å². The van der Waals surface area contributed by atoms with Crippen LogP contribution in [0.15, 0.2) is 0 Å². The van der Waals surface area contributed by atoms with Crippen LogP contribution in [-0.4, -0.2) is 63.8 Å². The maximum Gasteiger partial charge on any atom is 0.327 e. The van der Waals surface area contributed by atoms with E-state index in [9.17, 15) is 14.4 Å². The maximum absolute atomic E-state index is 12.4. The molecule has 108 valence electrons. The Morgan fingerprint density at radius 1 is 1.15 bits per heavy atom. The molecule has 4 atom stereocenters. The predicted molar refractivity (Wildman–Crippen MR) is 69.7 cm³/mol. The van der Waals surface area contributed by atoms with Crippen LogP contribution >= 0.6 is 0 Å². The van der Waals surface area contributed by atoms with E-state index in [4.69, 9.17) is 0 Å². The zero-order valence-corrected chi connectivity index (χ0v) is 11.6. The first-order valence-corrected chi connectivity index (χ1v) is 7.51. The standard InChI is InChI=1S/C14H19N3O3/c1-8-5-11(8)16-7-9(6-12(16)18)17-13(19)10-3-2-4-15(10)14(17)20/h8-11H,2-7H2,1H3/t8-,9-,10+,11+/m1/s1. The fourth-order valence-corrected chi connectivity index (χ4v) is 3.92. The molecule has 0 bridgehead atoms. The van der Waals surface area contributed by atoms with Crippen LogP contribution in [0.1, 0.15) is 32.6 Å². The SMILES string of the molecule is C[C@@H]1C[C@@H]1N1C[C@H](N2C(=O)[C@@H]3CCCN3C2=O)CC1=O. The molecule has 3 heterocycles. The number of fused-ring (bicyclic) bond motifs is 1. The van der Waals surface area contributed by atoms with E-state index in [2.05, 4.69) is 6.92 Å². The molecule has 0 N–H and O–H groups in total. The zero-order valence-electron chi connectivity index (χ0n) is 11.6. The zero-order chi connectivity index (χ0) is 14.0. The lowest BCUT2D eigenvalue weighted by Crippen LogP contribution is -2.43. The number of carbonyl (C=O) groups excluding carboxylic acids is 3. The van der Waals surface area contributed by atoms with Gasteiger partial charge in [0.05, 0.1) is 6.04 Å². The van der Waals surface area contributed by atoms with E-state index >= 15 is 0 Å². The maximum atomic E-state index is 12.4. The lowest BCUT2D eigenvalue weighted by Gasteiger charge is -2.22. The summed E-state index contributed by atoms with van der Waals surface area (Å²) < 4.78 is 0. The molecule has 3 saturated heterocycles. The monoisotopic (exact) mass is 277 g/mol. The van der Waals surface area contributed by atoms with E-state index in [-0.39, 0.29) is 29.9 Å². The third-order valence-electron chi connectivity index (χ3n) is 5.20. The van der Waals surface area contributed by atoms with E-state index < -0.39 is 0 Å². The molecular formula is C14H19N3O3. The second-order valence-electron chi connectivity index (χ2n) is 6.53. The van der Waals surface area contributed by atoms with Gasteiger partial charge in [-0.05, 0) is 25.2 Å². The molecular weight excluding hydrogens is 258 g/mol. The fraction of sp³-hybridized carbons (Fsp3) is 0.786. The molecule has 1 saturated carbocycles. The van der Waals surface area contributed by atoms with Crippen LogP contribution < -0.4 is 0 Å². The van der Waals surface area contributed by atoms with Crippen LogP contribution in [0, 0.1) is 5.92 Å². The summed E-state index contributed by atoms with van der Waals surface area (Å²) in [6, 6.07) is -0.353. The van der Waals surface area contributed by atoms with Gasteiger partial charge in [0.1, 0.15) is 6.04 Å². The van der Waals surface area contributed by atoms with Gasteiger partial charge in [-0.15, -0.1) is 0 Å². The van der Waals surface area contributed by atoms with Crippen molar-refractivity contribution in [3.05, 3.63) is 0 Å². The Bertz CT molecular complexity index is 484. The third kappa shape index (κ3) is 1.53. The topological polar surface area (TPSA) is 60.9 Å². The quantitative estimate of drug-likeness (QED) is 0.687. The Labute approximate surface area is 117 Å². The highest BCUT2D eigenvalue weighted by Gasteiger charge is 2.53. The Hall–Kier alpha value is -1.59. The van der Waals surface area contributed by atoms with Crippen molar-refractivity contribution in [2.45, 2.75) is 50.7 Å². The highest BCUT2D eigenvalue weighted by atomic mass is 16.2. The predicted octanol–water partition coefficient (Wildman–Crippen LogP) is 0.422. The Kier molecular flexibility index (Phi) is 2.41. The van der Waals surface area contributed by atoms with Crippen LogP contribution in [0.3, 0.4) is 0 Å². The first kappa shape index (κ1) is 12.2. The normalized spacial score (nSPS) is 40.0. The summed E-state index contributed by atoms with van der Waals surface area (Å²) >= 11 is 0. The molecule has 0 aromatic heterocycles. The lowest BCUT2D eigenvalue weighted by atomic mass is 10.2. The van der Waals surface area contributed by atoms with Crippen molar-refractivity contribution in [1.82, 2.24) is 14.7 Å². The molecule has 20 heavy (non-hydrogen) atoms. The molecule has 4 fully saturated rings. The Morgan fingerprint density at radius 3 is 2.55 bits per heavy atom. The largest absolute Gasteiger partial charge is 0.337 e. The Balaban J connectivity index is 1.53. The average Bonchev–Trinajstić information content (AvgIpc) is 2.81. The summed E-state index contributed by atoms with van der Waals surface area (Å²) in [5.41, 5.74) is 0. The first-order chi connectivity index (χ1) is 9.58. The number of hydrogen-bond donors (Lipinski definition) is 0. The van der Waals surface area contributed by atoms with Crippen molar-refractivity contribution in [2.75, 3.05) is 13.1 Å². The lowest BCUT2D eigenvalue weighted by molar-refractivity contribution is -0.129. The van der Waals surface area contributed by atoms with Crippen LogP contribution in [0.25, 0.3) is 0 Å². The second-order valence-corrected chi connectivity index (χ2v) is 6.53. The Morgan fingerprint density at radius 2 is 1.90 bits per heavy atom. The molecule has 0 radical (unpaired) electrons. The number of likely N-dealkylation sites (tertiary alicyclic amines) is 1. The van der Waals surface area contributed by atoms with E-state index in [1.54, 1.807) is 4.90 Å². The van der Waals surface area contributed by atoms with Crippen LogP contribution in [-0.2, 0) is 9.59 Å². The molecule has 0 aromatic rings. The van der Waals surface area contributed by atoms with E-state index in [0.29, 0.717) is 31.5 Å². The molecule has 4 amide bonds. The summed E-state index contributed by atoms with van der Waals surface area (Å²) in [7, 11) is 0. The molecule has 4 aliphatic rings. The van der Waals surface area contributed by atoms with E-state index in [1.807, 2.05) is 4.90 Å². The number of urea groups is 1. The van der Waals surface area contributed by atoms with Crippen LogP contribution in [0.5, 0.6) is 0 Å². The van der Waals surface area contributed by atoms with Gasteiger partial charge in [-0.25, -0.2) is 4.79 Å². The summed E-state index contributed by atoms with van der Waals surface area (Å²) in [6.45, 7) is 3.34. The smallest absolute Gasteiger partial charge is 0.327 e. The molecule has 0 aromatic carbocycles. The second kappa shape index (κ2) is 3.96. The summed E-state index contributed by atoms with van der Waals surface area (Å²) in [6.07, 6.45) is 3.03. The van der Waals surface area contributed by atoms with Gasteiger partial charge in [-0.3, -0.25) is 14.5 Å². The molecule has 4 rings (SSSR count). The first-order valence-electron chi connectivity index (χ1n) is 7.51. The van der Waals surface area contributed by atoms with Crippen molar-refractivity contribution in [1.29, 1.82) is 0 Å². The van der Waals surface area contributed by atoms with Gasteiger partial charge in [0.25, 0.3) is 5.91 Å². The molecule has 0 unspecified atom stereocenters. The molecule has 3 aliphatic heterocycles. The van der Waals surface area contributed by atoms with Crippen LogP contribution in [0.2, 0.25) is 0 Å². The minimum Gasteiger partial charge on any atom is -0.337 e. The average molecular weight is 277 g/mol. The molecule has 1 aliphatic carbocycles. The molecule has 6 nitrogen and oxygen atoms in total. The van der Waals surface area contributed by atoms with Gasteiger partial charge in [0.15, 0.2) is 0 Å². The third-order valence-corrected chi connectivity index (χ3v) is 5.20. The number of imide groups is 1. The molecule has 0 spiro atoms. The van der Waals surface area contributed by atoms with Gasteiger partial charge in [0, 0.05) is 25.6 Å². The minimum atomic E-state index is -0.258. The summed E-state index contributed by atoms with van der Waals surface area (Å²) in [4.78, 5) is 41.7. The highest BCUT2D eigenvalue weighted by Crippen LogP contribution is 2.39. The van der Waals surface area contributed by atoms with Crippen molar-refractivity contribution >= 4 is 17.8 Å². The van der Waals surface area contributed by atoms with Crippen molar-refractivity contribution in [3.8, 4) is 0 Å². The van der Waals surface area contributed by atoms with Crippen molar-refractivity contribution < 1.29 is 14.4 Å². The number of amides is 4. The van der Waals surface area contributed by atoms with E-state index in [1.165, 1.54) is 4.90 Å². The molecule has 6 heteroatoms. The number of rotatable bonds is 2. The van der Waals surface area contributed by atoms with Gasteiger partial charge in [-0.2, -0.15) is 0 Å². The van der Waals surface area contributed by atoms with Gasteiger partial charge in [-0.1, -0.05) is 6.92 Å². The summed E-state index contributed by atoms with van der Waals surface area (Å²) in [5.74, 6) is 0.568. The van der Waals surface area contributed by atoms with Gasteiger partial charge >= 0.3 is 6.03 Å². The fourth-order valence-electron chi connectivity index (χ4n) is 3.92. The summed E-state index contributed by atoms with van der Waals surface area (Å²) in [5, 5.41) is 0.